The fraction of sp³-hybridized carbons (Fsp3) is 0.429. The highest BCUT2D eigenvalue weighted by atomic mass is 19.1. The van der Waals surface area contributed by atoms with Crippen molar-refractivity contribution in [3.05, 3.63) is 35.6 Å². The lowest BCUT2D eigenvalue weighted by Gasteiger charge is -2.24. The van der Waals surface area contributed by atoms with Crippen LogP contribution in [0.5, 0.6) is 0 Å². The number of hydrogen-bond donors (Lipinski definition) is 1. The van der Waals surface area contributed by atoms with Crippen molar-refractivity contribution < 1.29 is 19.1 Å². The molecule has 0 aromatic heterocycles. The standard InChI is InChI=1S/C14H18FNO3/c1-10(2)9-16(7-6-13(17)18)14(19)11-4-3-5-12(15)8-11/h3-5,8,10H,6-7,9H2,1-2H3,(H,17,18). The molecule has 1 N–H and O–H groups in total. The van der Waals surface area contributed by atoms with Crippen molar-refractivity contribution in [3.63, 3.8) is 0 Å². The van der Waals surface area contributed by atoms with E-state index in [1.54, 1.807) is 0 Å². The maximum Gasteiger partial charge on any atom is 0.305 e. The van der Waals surface area contributed by atoms with Crippen molar-refractivity contribution >= 4 is 11.9 Å². The number of rotatable bonds is 6. The van der Waals surface area contributed by atoms with Crippen LogP contribution < -0.4 is 0 Å². The topological polar surface area (TPSA) is 57.6 Å². The number of amides is 1. The van der Waals surface area contributed by atoms with Gasteiger partial charge in [0.25, 0.3) is 5.91 Å². The molecule has 0 atom stereocenters. The van der Waals surface area contributed by atoms with Crippen LogP contribution in [0.3, 0.4) is 0 Å². The zero-order valence-electron chi connectivity index (χ0n) is 11.1. The zero-order valence-corrected chi connectivity index (χ0v) is 11.1. The molecule has 0 aliphatic heterocycles. The molecule has 0 fully saturated rings. The molecule has 0 saturated heterocycles. The Hall–Kier alpha value is -1.91. The van der Waals surface area contributed by atoms with Crippen LogP contribution >= 0.6 is 0 Å². The summed E-state index contributed by atoms with van der Waals surface area (Å²) in [6, 6.07) is 5.42. The average Bonchev–Trinajstić information content (AvgIpc) is 2.33. The minimum atomic E-state index is -0.958. The lowest BCUT2D eigenvalue weighted by molar-refractivity contribution is -0.137. The molecule has 1 aromatic rings. The van der Waals surface area contributed by atoms with E-state index >= 15 is 0 Å². The Morgan fingerprint density at radius 1 is 1.37 bits per heavy atom. The molecule has 4 nitrogen and oxygen atoms in total. The SMILES string of the molecule is CC(C)CN(CCC(=O)O)C(=O)c1cccc(F)c1. The zero-order chi connectivity index (χ0) is 14.4. The van der Waals surface area contributed by atoms with Gasteiger partial charge in [0, 0.05) is 18.7 Å². The van der Waals surface area contributed by atoms with Gasteiger partial charge in [-0.15, -0.1) is 0 Å². The van der Waals surface area contributed by atoms with E-state index in [0.717, 1.165) is 6.07 Å². The molecule has 1 rings (SSSR count). The summed E-state index contributed by atoms with van der Waals surface area (Å²) < 4.78 is 13.1. The van der Waals surface area contributed by atoms with Crippen molar-refractivity contribution in [2.45, 2.75) is 20.3 Å². The summed E-state index contributed by atoms with van der Waals surface area (Å²) in [7, 11) is 0. The highest BCUT2D eigenvalue weighted by molar-refractivity contribution is 5.94. The number of benzene rings is 1. The number of carbonyl (C=O) groups is 2. The Balaban J connectivity index is 2.83. The second-order valence-corrected chi connectivity index (χ2v) is 4.80. The van der Waals surface area contributed by atoms with Gasteiger partial charge in [0.2, 0.25) is 0 Å². The Kier molecular flexibility index (Phi) is 5.48. The van der Waals surface area contributed by atoms with Crippen LogP contribution in [0.25, 0.3) is 0 Å². The summed E-state index contributed by atoms with van der Waals surface area (Å²) in [5, 5.41) is 8.69. The van der Waals surface area contributed by atoms with Crippen LogP contribution in [0.15, 0.2) is 24.3 Å². The van der Waals surface area contributed by atoms with Crippen molar-refractivity contribution in [2.24, 2.45) is 5.92 Å². The molecule has 0 saturated carbocycles. The number of hydrogen-bond acceptors (Lipinski definition) is 2. The fourth-order valence-corrected chi connectivity index (χ4v) is 1.75. The number of carbonyl (C=O) groups excluding carboxylic acids is 1. The second kappa shape index (κ2) is 6.87. The van der Waals surface area contributed by atoms with E-state index in [4.69, 9.17) is 5.11 Å². The van der Waals surface area contributed by atoms with Crippen molar-refractivity contribution in [1.29, 1.82) is 0 Å². The predicted octanol–water partition coefficient (Wildman–Crippen LogP) is 2.40. The van der Waals surface area contributed by atoms with E-state index in [2.05, 4.69) is 0 Å². The van der Waals surface area contributed by atoms with Gasteiger partial charge in [0.05, 0.1) is 6.42 Å². The highest BCUT2D eigenvalue weighted by Crippen LogP contribution is 2.10. The molecular formula is C14H18FNO3. The first-order chi connectivity index (χ1) is 8.90. The molecule has 5 heteroatoms. The van der Waals surface area contributed by atoms with Gasteiger partial charge >= 0.3 is 5.97 Å². The summed E-state index contributed by atoms with van der Waals surface area (Å²) in [5.74, 6) is -1.56. The van der Waals surface area contributed by atoms with Crippen LogP contribution in [0.2, 0.25) is 0 Å². The van der Waals surface area contributed by atoms with Gasteiger partial charge in [-0.05, 0) is 24.1 Å². The summed E-state index contributed by atoms with van der Waals surface area (Å²) in [4.78, 5) is 24.3. The Morgan fingerprint density at radius 2 is 2.05 bits per heavy atom. The lowest BCUT2D eigenvalue weighted by Crippen LogP contribution is -2.36. The van der Waals surface area contributed by atoms with E-state index in [9.17, 15) is 14.0 Å². The molecule has 0 heterocycles. The Bertz CT molecular complexity index is 460. The number of nitrogens with zero attached hydrogens (tertiary/aromatic N) is 1. The predicted molar refractivity (Wildman–Crippen MR) is 69.4 cm³/mol. The molecule has 0 unspecified atom stereocenters. The molecule has 104 valence electrons. The fourth-order valence-electron chi connectivity index (χ4n) is 1.75. The minimum Gasteiger partial charge on any atom is -0.481 e. The van der Waals surface area contributed by atoms with Gasteiger partial charge in [-0.25, -0.2) is 4.39 Å². The average molecular weight is 267 g/mol. The van der Waals surface area contributed by atoms with Gasteiger partial charge in [0.1, 0.15) is 5.82 Å². The number of carboxylic acids is 1. The third-order valence-corrected chi connectivity index (χ3v) is 2.54. The van der Waals surface area contributed by atoms with Crippen LogP contribution in [-0.2, 0) is 4.79 Å². The minimum absolute atomic E-state index is 0.117. The molecule has 0 aliphatic rings. The maximum atomic E-state index is 13.1. The number of halogens is 1. The van der Waals surface area contributed by atoms with E-state index in [1.165, 1.54) is 23.1 Å². The van der Waals surface area contributed by atoms with Crippen molar-refractivity contribution in [2.75, 3.05) is 13.1 Å². The lowest BCUT2D eigenvalue weighted by atomic mass is 10.1. The maximum absolute atomic E-state index is 13.1. The van der Waals surface area contributed by atoms with E-state index < -0.39 is 11.8 Å². The molecule has 19 heavy (non-hydrogen) atoms. The van der Waals surface area contributed by atoms with E-state index in [0.29, 0.717) is 6.54 Å². The molecular weight excluding hydrogens is 249 g/mol. The van der Waals surface area contributed by atoms with Crippen LogP contribution in [-0.4, -0.2) is 35.0 Å². The van der Waals surface area contributed by atoms with Crippen molar-refractivity contribution in [1.82, 2.24) is 4.90 Å². The van der Waals surface area contributed by atoms with Gasteiger partial charge in [-0.1, -0.05) is 19.9 Å². The largest absolute Gasteiger partial charge is 0.481 e. The van der Waals surface area contributed by atoms with Crippen LogP contribution in [0, 0.1) is 11.7 Å². The Morgan fingerprint density at radius 3 is 2.58 bits per heavy atom. The van der Waals surface area contributed by atoms with Crippen LogP contribution in [0.1, 0.15) is 30.6 Å². The number of aliphatic carboxylic acids is 1. The van der Waals surface area contributed by atoms with Gasteiger partial charge in [-0.3, -0.25) is 9.59 Å². The first-order valence-electron chi connectivity index (χ1n) is 6.16. The second-order valence-electron chi connectivity index (χ2n) is 4.80. The van der Waals surface area contributed by atoms with E-state index in [1.807, 2.05) is 13.8 Å². The number of carboxylic acid groups (broad SMARTS) is 1. The van der Waals surface area contributed by atoms with Gasteiger partial charge in [-0.2, -0.15) is 0 Å². The Labute approximate surface area is 111 Å². The molecule has 0 radical (unpaired) electrons. The van der Waals surface area contributed by atoms with Crippen LogP contribution in [0.4, 0.5) is 4.39 Å². The summed E-state index contributed by atoms with van der Waals surface area (Å²) >= 11 is 0. The first kappa shape index (κ1) is 15.1. The first-order valence-corrected chi connectivity index (χ1v) is 6.16. The molecule has 1 amide bonds. The van der Waals surface area contributed by atoms with Gasteiger partial charge < -0.3 is 10.0 Å². The third-order valence-electron chi connectivity index (χ3n) is 2.54. The quantitative estimate of drug-likeness (QED) is 0.861. The molecule has 1 aromatic carbocycles. The molecule has 0 spiro atoms. The normalized spacial score (nSPS) is 10.5. The molecule has 0 aliphatic carbocycles. The third kappa shape index (κ3) is 5.07. The van der Waals surface area contributed by atoms with Gasteiger partial charge in [0.15, 0.2) is 0 Å². The summed E-state index contributed by atoms with van der Waals surface area (Å²) in [6.45, 7) is 4.45. The van der Waals surface area contributed by atoms with Crippen molar-refractivity contribution in [3.8, 4) is 0 Å². The summed E-state index contributed by atoms with van der Waals surface area (Å²) in [6.07, 6.45) is -0.117. The summed E-state index contributed by atoms with van der Waals surface area (Å²) in [5.41, 5.74) is 0.242. The van der Waals surface area contributed by atoms with E-state index in [-0.39, 0.29) is 30.4 Å². The molecule has 0 bridgehead atoms. The highest BCUT2D eigenvalue weighted by Gasteiger charge is 2.18. The monoisotopic (exact) mass is 267 g/mol. The smallest absolute Gasteiger partial charge is 0.305 e.